The Labute approximate surface area is 109 Å². The van der Waals surface area contributed by atoms with Gasteiger partial charge in [0.05, 0.1) is 15.7 Å². The summed E-state index contributed by atoms with van der Waals surface area (Å²) in [7, 11) is 0. The number of carbonyl (C=O) groups excluding carboxylic acids is 1. The molecule has 18 heavy (non-hydrogen) atoms. The van der Waals surface area contributed by atoms with Crippen LogP contribution in [0.2, 0.25) is 0 Å². The van der Waals surface area contributed by atoms with E-state index in [1.807, 2.05) is 17.6 Å². The number of anilines is 1. The van der Waals surface area contributed by atoms with Gasteiger partial charge in [-0.3, -0.25) is 4.79 Å². The van der Waals surface area contributed by atoms with Gasteiger partial charge in [-0.1, -0.05) is 0 Å². The number of nitrogens with zero attached hydrogens (tertiary/aromatic N) is 1. The van der Waals surface area contributed by atoms with Gasteiger partial charge in [-0.2, -0.15) is 0 Å². The summed E-state index contributed by atoms with van der Waals surface area (Å²) in [5.74, 6) is 0.142. The minimum absolute atomic E-state index is 0.142. The van der Waals surface area contributed by atoms with Crippen molar-refractivity contribution in [3.05, 3.63) is 23.7 Å². The normalized spacial score (nSPS) is 20.4. The van der Waals surface area contributed by atoms with Crippen LogP contribution in [0, 0.1) is 0 Å². The van der Waals surface area contributed by atoms with Crippen molar-refractivity contribution in [1.29, 1.82) is 0 Å². The first-order valence-electron chi connectivity index (χ1n) is 6.18. The molecular formula is C13H15N3OS. The summed E-state index contributed by atoms with van der Waals surface area (Å²) < 4.78 is 1.18. The maximum atomic E-state index is 11.5. The first-order chi connectivity index (χ1) is 8.81. The van der Waals surface area contributed by atoms with Gasteiger partial charge in [-0.25, -0.2) is 4.98 Å². The van der Waals surface area contributed by atoms with Crippen LogP contribution in [-0.2, 0) is 4.79 Å². The van der Waals surface area contributed by atoms with Gasteiger partial charge in [0.15, 0.2) is 0 Å². The highest BCUT2D eigenvalue weighted by molar-refractivity contribution is 7.16. The molecule has 5 heteroatoms. The lowest BCUT2D eigenvalue weighted by atomic mass is 10.1. The Balaban J connectivity index is 1.76. The summed E-state index contributed by atoms with van der Waals surface area (Å²) in [5.41, 5.74) is 3.96. The van der Waals surface area contributed by atoms with E-state index in [1.54, 1.807) is 11.3 Å². The predicted octanol–water partition coefficient (Wildman–Crippen LogP) is 2.38. The third kappa shape index (κ3) is 2.46. The lowest BCUT2D eigenvalue weighted by molar-refractivity contribution is -0.120. The molecule has 1 atom stereocenters. The molecule has 0 aliphatic carbocycles. The van der Waals surface area contributed by atoms with Crippen molar-refractivity contribution in [2.24, 2.45) is 0 Å². The predicted molar refractivity (Wildman–Crippen MR) is 73.9 cm³/mol. The zero-order valence-corrected chi connectivity index (χ0v) is 10.8. The Morgan fingerprint density at radius 2 is 2.39 bits per heavy atom. The van der Waals surface area contributed by atoms with Gasteiger partial charge in [-0.15, -0.1) is 11.3 Å². The minimum atomic E-state index is 0.142. The van der Waals surface area contributed by atoms with E-state index < -0.39 is 0 Å². The van der Waals surface area contributed by atoms with E-state index in [0.29, 0.717) is 6.42 Å². The number of amides is 1. The quantitative estimate of drug-likeness (QED) is 0.872. The Kier molecular flexibility index (Phi) is 3.15. The molecule has 3 rings (SSSR count). The second-order valence-electron chi connectivity index (χ2n) is 4.57. The number of hydrogen-bond acceptors (Lipinski definition) is 4. The van der Waals surface area contributed by atoms with Gasteiger partial charge in [-0.05, 0) is 31.0 Å². The van der Waals surface area contributed by atoms with Crippen LogP contribution in [0.1, 0.15) is 19.3 Å². The van der Waals surface area contributed by atoms with Crippen molar-refractivity contribution < 1.29 is 4.79 Å². The van der Waals surface area contributed by atoms with Crippen LogP contribution in [0.25, 0.3) is 10.2 Å². The largest absolute Gasteiger partial charge is 0.382 e. The van der Waals surface area contributed by atoms with Crippen LogP contribution in [0.4, 0.5) is 5.69 Å². The molecule has 2 N–H and O–H groups in total. The van der Waals surface area contributed by atoms with E-state index in [1.165, 1.54) is 4.70 Å². The van der Waals surface area contributed by atoms with Crippen molar-refractivity contribution in [1.82, 2.24) is 10.3 Å². The molecule has 1 aliphatic rings. The molecule has 94 valence electrons. The van der Waals surface area contributed by atoms with E-state index in [0.717, 1.165) is 30.6 Å². The number of thiazole rings is 1. The molecular weight excluding hydrogens is 246 g/mol. The topological polar surface area (TPSA) is 54.0 Å². The van der Waals surface area contributed by atoms with Crippen molar-refractivity contribution in [3.63, 3.8) is 0 Å². The number of benzene rings is 1. The summed E-state index contributed by atoms with van der Waals surface area (Å²) in [5, 5.41) is 6.35. The van der Waals surface area contributed by atoms with Gasteiger partial charge in [0.2, 0.25) is 5.91 Å². The summed E-state index contributed by atoms with van der Waals surface area (Å²) in [6.07, 6.45) is 2.62. The first-order valence-corrected chi connectivity index (χ1v) is 7.06. The smallest absolute Gasteiger partial charge is 0.222 e. The third-order valence-corrected chi connectivity index (χ3v) is 3.98. The summed E-state index contributed by atoms with van der Waals surface area (Å²) >= 11 is 1.64. The lowest BCUT2D eigenvalue weighted by Gasteiger charge is -2.16. The van der Waals surface area contributed by atoms with Crippen LogP contribution >= 0.6 is 11.3 Å². The van der Waals surface area contributed by atoms with Gasteiger partial charge in [0.25, 0.3) is 0 Å². The van der Waals surface area contributed by atoms with Crippen molar-refractivity contribution in [2.75, 3.05) is 11.9 Å². The van der Waals surface area contributed by atoms with Gasteiger partial charge >= 0.3 is 0 Å². The Morgan fingerprint density at radius 1 is 1.44 bits per heavy atom. The molecule has 1 unspecified atom stereocenters. The number of nitrogens with one attached hydrogen (secondary N) is 2. The fourth-order valence-corrected chi connectivity index (χ4v) is 2.99. The van der Waals surface area contributed by atoms with Crippen LogP contribution < -0.4 is 10.6 Å². The van der Waals surface area contributed by atoms with Crippen molar-refractivity contribution in [2.45, 2.75) is 25.3 Å². The highest BCUT2D eigenvalue weighted by Crippen LogP contribution is 2.23. The maximum absolute atomic E-state index is 11.5. The second-order valence-corrected chi connectivity index (χ2v) is 5.46. The molecule has 1 amide bonds. The molecule has 1 aromatic carbocycles. The third-order valence-electron chi connectivity index (χ3n) is 3.19. The minimum Gasteiger partial charge on any atom is -0.382 e. The summed E-state index contributed by atoms with van der Waals surface area (Å²) in [4.78, 5) is 15.8. The zero-order chi connectivity index (χ0) is 12.4. The molecule has 0 radical (unpaired) electrons. The van der Waals surface area contributed by atoms with E-state index in [4.69, 9.17) is 0 Å². The first kappa shape index (κ1) is 11.5. The number of aromatic nitrogens is 1. The highest BCUT2D eigenvalue weighted by Gasteiger charge is 2.17. The number of rotatable bonds is 2. The lowest BCUT2D eigenvalue weighted by Crippen LogP contribution is -2.26. The van der Waals surface area contributed by atoms with Crippen molar-refractivity contribution in [3.8, 4) is 0 Å². The molecule has 1 aromatic heterocycles. The van der Waals surface area contributed by atoms with E-state index >= 15 is 0 Å². The summed E-state index contributed by atoms with van der Waals surface area (Å²) in [6, 6.07) is 6.39. The number of fused-ring (bicyclic) bond motifs is 1. The van der Waals surface area contributed by atoms with E-state index in [2.05, 4.69) is 21.7 Å². The Bertz CT molecular complexity index is 566. The Hall–Kier alpha value is -1.62. The maximum Gasteiger partial charge on any atom is 0.222 e. The molecule has 2 heterocycles. The number of carbonyl (C=O) groups is 1. The second kappa shape index (κ2) is 4.94. The number of hydrogen-bond donors (Lipinski definition) is 2. The van der Waals surface area contributed by atoms with Gasteiger partial charge < -0.3 is 10.6 Å². The average molecular weight is 261 g/mol. The van der Waals surface area contributed by atoms with E-state index in [9.17, 15) is 4.79 Å². The Morgan fingerprint density at radius 3 is 3.33 bits per heavy atom. The van der Waals surface area contributed by atoms with Crippen LogP contribution in [0.15, 0.2) is 23.7 Å². The van der Waals surface area contributed by atoms with E-state index in [-0.39, 0.29) is 11.9 Å². The molecule has 4 nitrogen and oxygen atoms in total. The van der Waals surface area contributed by atoms with Gasteiger partial charge in [0, 0.05) is 24.7 Å². The van der Waals surface area contributed by atoms with Crippen LogP contribution in [0.5, 0.6) is 0 Å². The van der Waals surface area contributed by atoms with Crippen LogP contribution in [-0.4, -0.2) is 23.5 Å². The fourth-order valence-electron chi connectivity index (χ4n) is 2.28. The molecule has 2 aromatic rings. The highest BCUT2D eigenvalue weighted by atomic mass is 32.1. The molecule has 0 saturated carbocycles. The average Bonchev–Trinajstić information content (AvgIpc) is 2.72. The molecule has 1 fully saturated rings. The monoisotopic (exact) mass is 261 g/mol. The van der Waals surface area contributed by atoms with Crippen molar-refractivity contribution >= 4 is 33.1 Å². The SMILES string of the molecule is O=C1CC(Nc2ccc3ncsc3c2)CCCN1. The molecule has 1 aliphatic heterocycles. The summed E-state index contributed by atoms with van der Waals surface area (Å²) in [6.45, 7) is 0.797. The molecule has 1 saturated heterocycles. The molecule has 0 spiro atoms. The van der Waals surface area contributed by atoms with Crippen LogP contribution in [0.3, 0.4) is 0 Å². The standard InChI is InChI=1S/C13H15N3OS/c17-13-7-9(2-1-5-14-13)16-10-3-4-11-12(6-10)18-8-15-11/h3-4,6,8-9,16H,1-2,5,7H2,(H,14,17). The zero-order valence-electron chi connectivity index (χ0n) is 9.98. The van der Waals surface area contributed by atoms with Gasteiger partial charge in [0.1, 0.15) is 0 Å². The molecule has 0 bridgehead atoms. The fraction of sp³-hybridized carbons (Fsp3) is 0.385.